The fraction of sp³-hybridized carbons (Fsp3) is 0.200. The first-order valence-electron chi connectivity index (χ1n) is 8.94. The van der Waals surface area contributed by atoms with Crippen molar-refractivity contribution in [1.82, 2.24) is 20.0 Å². The number of benzene rings is 1. The topological polar surface area (TPSA) is 94.8 Å². The van der Waals surface area contributed by atoms with E-state index in [1.165, 1.54) is 18.3 Å². The molecule has 0 aliphatic carbocycles. The van der Waals surface area contributed by atoms with Crippen LogP contribution in [0.15, 0.2) is 66.9 Å². The van der Waals surface area contributed by atoms with Crippen LogP contribution in [0.3, 0.4) is 0 Å². The van der Waals surface area contributed by atoms with Gasteiger partial charge in [-0.3, -0.25) is 10.8 Å². The van der Waals surface area contributed by atoms with Crippen molar-refractivity contribution in [3.05, 3.63) is 78.0 Å². The SMILES string of the molecule is CCC(c1ccccc1)n1cnc(-c2cc(/C(N)=C(/NN)C(F)(F)F)ccn2)c1. The van der Waals surface area contributed by atoms with Crippen molar-refractivity contribution < 1.29 is 13.2 Å². The van der Waals surface area contributed by atoms with Gasteiger partial charge in [-0.1, -0.05) is 37.3 Å². The molecule has 6 nitrogen and oxygen atoms in total. The monoisotopic (exact) mass is 402 g/mol. The van der Waals surface area contributed by atoms with Crippen LogP contribution in [0.25, 0.3) is 17.1 Å². The van der Waals surface area contributed by atoms with E-state index in [-0.39, 0.29) is 11.6 Å². The quantitative estimate of drug-likeness (QED) is 0.433. The molecule has 0 bridgehead atoms. The Morgan fingerprint density at radius 1 is 1.14 bits per heavy atom. The van der Waals surface area contributed by atoms with E-state index in [2.05, 4.69) is 16.9 Å². The number of halogens is 3. The highest BCUT2D eigenvalue weighted by molar-refractivity contribution is 5.69. The van der Waals surface area contributed by atoms with E-state index in [9.17, 15) is 13.2 Å². The number of hydrogen-bond acceptors (Lipinski definition) is 5. The lowest BCUT2D eigenvalue weighted by atomic mass is 10.0. The van der Waals surface area contributed by atoms with Gasteiger partial charge in [0.1, 0.15) is 5.69 Å². The van der Waals surface area contributed by atoms with Crippen molar-refractivity contribution >= 4 is 5.70 Å². The molecule has 2 heterocycles. The van der Waals surface area contributed by atoms with Gasteiger partial charge in [-0.15, -0.1) is 0 Å². The standard InChI is InChI=1S/C20H21F3N6/c1-2-17(13-6-4-3-5-7-13)29-11-16(27-12-29)15-10-14(8-9-26-15)18(24)19(28-25)20(21,22)23/h3-12,17,28H,2,24-25H2,1H3/b19-18-. The van der Waals surface area contributed by atoms with Gasteiger partial charge in [0.05, 0.1) is 23.8 Å². The van der Waals surface area contributed by atoms with Crippen molar-refractivity contribution in [1.29, 1.82) is 0 Å². The molecule has 0 spiro atoms. The van der Waals surface area contributed by atoms with Crippen LogP contribution in [0, 0.1) is 0 Å². The van der Waals surface area contributed by atoms with E-state index >= 15 is 0 Å². The summed E-state index contributed by atoms with van der Waals surface area (Å²) in [6.45, 7) is 2.07. The molecule has 3 rings (SSSR count). The molecule has 3 aromatic rings. The number of allylic oxidation sites excluding steroid dienone is 1. The molecule has 1 aromatic carbocycles. The summed E-state index contributed by atoms with van der Waals surface area (Å²) >= 11 is 0. The third kappa shape index (κ3) is 4.40. The van der Waals surface area contributed by atoms with Crippen molar-refractivity contribution in [2.24, 2.45) is 11.6 Å². The summed E-state index contributed by atoms with van der Waals surface area (Å²) in [6.07, 6.45) is 1.04. The number of nitrogens with one attached hydrogen (secondary N) is 1. The van der Waals surface area contributed by atoms with Gasteiger partial charge in [-0.2, -0.15) is 13.2 Å². The fourth-order valence-corrected chi connectivity index (χ4v) is 3.13. The number of imidazole rings is 1. The minimum atomic E-state index is -4.70. The second-order valence-electron chi connectivity index (χ2n) is 6.40. The Hall–Kier alpha value is -3.33. The first kappa shape index (κ1) is 20.4. The zero-order chi connectivity index (χ0) is 21.0. The van der Waals surface area contributed by atoms with Crippen molar-refractivity contribution in [2.45, 2.75) is 25.6 Å². The maximum atomic E-state index is 13.1. The van der Waals surface area contributed by atoms with Gasteiger partial charge < -0.3 is 15.7 Å². The molecule has 1 unspecified atom stereocenters. The summed E-state index contributed by atoms with van der Waals surface area (Å²) in [5.41, 5.74) is 7.82. The molecular formula is C20H21F3N6. The van der Waals surface area contributed by atoms with Crippen LogP contribution >= 0.6 is 0 Å². The first-order valence-corrected chi connectivity index (χ1v) is 8.94. The lowest BCUT2D eigenvalue weighted by Gasteiger charge is -2.16. The van der Waals surface area contributed by atoms with Gasteiger partial charge in [-0.05, 0) is 24.1 Å². The zero-order valence-corrected chi connectivity index (χ0v) is 15.7. The Labute approximate surface area is 166 Å². The molecule has 9 heteroatoms. The maximum Gasteiger partial charge on any atom is 0.434 e. The second-order valence-corrected chi connectivity index (χ2v) is 6.40. The minimum absolute atomic E-state index is 0.0869. The zero-order valence-electron chi connectivity index (χ0n) is 15.7. The number of hydrazine groups is 1. The maximum absolute atomic E-state index is 13.1. The minimum Gasteiger partial charge on any atom is -0.397 e. The van der Waals surface area contributed by atoms with Crippen molar-refractivity contribution in [2.75, 3.05) is 0 Å². The van der Waals surface area contributed by atoms with Crippen LogP contribution in [0.1, 0.15) is 30.5 Å². The Kier molecular flexibility index (Phi) is 5.88. The molecule has 2 aromatic heterocycles. The first-order chi connectivity index (χ1) is 13.8. The Bertz CT molecular complexity index is 995. The molecule has 0 aliphatic heterocycles. The largest absolute Gasteiger partial charge is 0.434 e. The lowest BCUT2D eigenvalue weighted by molar-refractivity contribution is -0.0961. The molecule has 0 saturated heterocycles. The molecule has 29 heavy (non-hydrogen) atoms. The van der Waals surface area contributed by atoms with Crippen LogP contribution in [0.4, 0.5) is 13.2 Å². The molecule has 0 fully saturated rings. The summed E-state index contributed by atoms with van der Waals surface area (Å²) in [4.78, 5) is 8.60. The van der Waals surface area contributed by atoms with E-state index in [0.29, 0.717) is 11.4 Å². The van der Waals surface area contributed by atoms with Gasteiger partial charge in [0.15, 0.2) is 5.70 Å². The average Bonchev–Trinajstić information content (AvgIpc) is 3.19. The predicted molar refractivity (Wildman–Crippen MR) is 105 cm³/mol. The molecule has 0 saturated carbocycles. The molecule has 0 aliphatic rings. The number of alkyl halides is 3. The highest BCUT2D eigenvalue weighted by atomic mass is 19.4. The third-order valence-corrected chi connectivity index (χ3v) is 4.56. The van der Waals surface area contributed by atoms with Crippen LogP contribution in [-0.4, -0.2) is 20.7 Å². The average molecular weight is 402 g/mol. The summed E-state index contributed by atoms with van der Waals surface area (Å²) in [7, 11) is 0. The molecule has 1 atom stereocenters. The van der Waals surface area contributed by atoms with E-state index in [0.717, 1.165) is 12.0 Å². The van der Waals surface area contributed by atoms with E-state index in [1.807, 2.05) is 41.1 Å². The van der Waals surface area contributed by atoms with Gasteiger partial charge in [0.2, 0.25) is 0 Å². The van der Waals surface area contributed by atoms with E-state index in [4.69, 9.17) is 11.6 Å². The number of nitrogens with two attached hydrogens (primary N) is 2. The Morgan fingerprint density at radius 3 is 2.48 bits per heavy atom. The number of hydrogen-bond donors (Lipinski definition) is 3. The highest BCUT2D eigenvalue weighted by Gasteiger charge is 2.36. The normalized spacial score (nSPS) is 13.7. The van der Waals surface area contributed by atoms with Crippen molar-refractivity contribution in [3.8, 4) is 11.4 Å². The number of nitrogens with zero attached hydrogens (tertiary/aromatic N) is 3. The van der Waals surface area contributed by atoms with Gasteiger partial charge >= 0.3 is 6.18 Å². The Balaban J connectivity index is 1.96. The van der Waals surface area contributed by atoms with Crippen LogP contribution in [-0.2, 0) is 0 Å². The molecule has 0 amide bonds. The van der Waals surface area contributed by atoms with Crippen LogP contribution < -0.4 is 17.0 Å². The van der Waals surface area contributed by atoms with Gasteiger partial charge in [-0.25, -0.2) is 4.98 Å². The molecule has 152 valence electrons. The number of aromatic nitrogens is 3. The van der Waals surface area contributed by atoms with E-state index in [1.54, 1.807) is 11.8 Å². The third-order valence-electron chi connectivity index (χ3n) is 4.56. The summed E-state index contributed by atoms with van der Waals surface area (Å²) in [5.74, 6) is 5.01. The van der Waals surface area contributed by atoms with E-state index < -0.39 is 17.6 Å². The summed E-state index contributed by atoms with van der Waals surface area (Å²) in [5, 5.41) is 0. The van der Waals surface area contributed by atoms with Crippen LogP contribution in [0.5, 0.6) is 0 Å². The predicted octanol–water partition coefficient (Wildman–Crippen LogP) is 3.60. The molecule has 0 radical (unpaired) electrons. The second kappa shape index (κ2) is 8.36. The van der Waals surface area contributed by atoms with Gasteiger partial charge in [0, 0.05) is 18.0 Å². The van der Waals surface area contributed by atoms with Crippen molar-refractivity contribution in [3.63, 3.8) is 0 Å². The fourth-order valence-electron chi connectivity index (χ4n) is 3.13. The molecule has 5 N–H and O–H groups in total. The lowest BCUT2D eigenvalue weighted by Crippen LogP contribution is -2.34. The highest BCUT2D eigenvalue weighted by Crippen LogP contribution is 2.29. The smallest absolute Gasteiger partial charge is 0.397 e. The molecular weight excluding hydrogens is 381 g/mol. The Morgan fingerprint density at radius 2 is 1.86 bits per heavy atom. The number of pyridine rings is 1. The summed E-state index contributed by atoms with van der Waals surface area (Å²) < 4.78 is 41.1. The summed E-state index contributed by atoms with van der Waals surface area (Å²) in [6, 6.07) is 12.9. The number of rotatable bonds is 6. The van der Waals surface area contributed by atoms with Gasteiger partial charge in [0.25, 0.3) is 0 Å². The van der Waals surface area contributed by atoms with Crippen LogP contribution in [0.2, 0.25) is 0 Å².